The molecule has 128 valence electrons. The first kappa shape index (κ1) is 17.7. The number of hydrogen-bond acceptors (Lipinski definition) is 4. The molecule has 5 nitrogen and oxygen atoms in total. The quantitative estimate of drug-likeness (QED) is 0.611. The van der Waals surface area contributed by atoms with E-state index in [1.807, 2.05) is 0 Å². The van der Waals surface area contributed by atoms with E-state index < -0.39 is 4.92 Å². The molecule has 0 radical (unpaired) electrons. The van der Waals surface area contributed by atoms with Crippen LogP contribution in [0.25, 0.3) is 0 Å². The van der Waals surface area contributed by atoms with E-state index >= 15 is 0 Å². The third kappa shape index (κ3) is 4.02. The first-order valence-electron chi connectivity index (χ1n) is 8.24. The molecule has 1 heterocycles. The van der Waals surface area contributed by atoms with Crippen LogP contribution < -0.4 is 4.74 Å². The molecule has 0 aliphatic carbocycles. The highest BCUT2D eigenvalue weighted by Crippen LogP contribution is 2.38. The smallest absolute Gasteiger partial charge is 0.269 e. The van der Waals surface area contributed by atoms with Crippen LogP contribution >= 0.6 is 0 Å². The van der Waals surface area contributed by atoms with Crippen LogP contribution in [0.3, 0.4) is 0 Å². The topological polar surface area (TPSA) is 55.6 Å². The number of nitro benzene ring substituents is 1. The third-order valence-corrected chi connectivity index (χ3v) is 4.59. The molecule has 1 aliphatic rings. The van der Waals surface area contributed by atoms with Crippen molar-refractivity contribution in [3.05, 3.63) is 34.4 Å². The fourth-order valence-electron chi connectivity index (χ4n) is 4.29. The highest BCUT2D eigenvalue weighted by Gasteiger charge is 2.43. The first-order chi connectivity index (χ1) is 10.5. The third-order valence-electron chi connectivity index (χ3n) is 4.59. The van der Waals surface area contributed by atoms with Gasteiger partial charge in [-0.1, -0.05) is 0 Å². The molecule has 0 N–H and O–H groups in total. The molecule has 0 spiro atoms. The van der Waals surface area contributed by atoms with Gasteiger partial charge >= 0.3 is 0 Å². The van der Waals surface area contributed by atoms with Crippen LogP contribution in [0.2, 0.25) is 0 Å². The van der Waals surface area contributed by atoms with Gasteiger partial charge in [0.15, 0.2) is 0 Å². The van der Waals surface area contributed by atoms with Gasteiger partial charge in [0.05, 0.1) is 4.92 Å². The predicted octanol–water partition coefficient (Wildman–Crippen LogP) is 4.40. The second kappa shape index (κ2) is 6.11. The Labute approximate surface area is 138 Å². The van der Waals surface area contributed by atoms with E-state index in [2.05, 4.69) is 46.4 Å². The summed E-state index contributed by atoms with van der Waals surface area (Å²) in [6, 6.07) is 7.21. The van der Waals surface area contributed by atoms with E-state index in [4.69, 9.17) is 4.74 Å². The summed E-state index contributed by atoms with van der Waals surface area (Å²) in [5, 5.41) is 10.7. The molecule has 0 saturated carbocycles. The van der Waals surface area contributed by atoms with Crippen molar-refractivity contribution in [2.45, 2.75) is 77.6 Å². The van der Waals surface area contributed by atoms with E-state index in [9.17, 15) is 10.1 Å². The molecule has 2 atom stereocenters. The Balaban J connectivity index is 2.13. The highest BCUT2D eigenvalue weighted by atomic mass is 16.6. The van der Waals surface area contributed by atoms with E-state index in [0.717, 1.165) is 12.8 Å². The Kier molecular flexibility index (Phi) is 4.71. The van der Waals surface area contributed by atoms with Crippen molar-refractivity contribution >= 4 is 5.69 Å². The molecule has 1 saturated heterocycles. The van der Waals surface area contributed by atoms with Crippen molar-refractivity contribution in [2.24, 2.45) is 0 Å². The number of piperidine rings is 1. The van der Waals surface area contributed by atoms with Crippen molar-refractivity contribution in [1.29, 1.82) is 0 Å². The monoisotopic (exact) mass is 320 g/mol. The summed E-state index contributed by atoms with van der Waals surface area (Å²) < 4.78 is 6.23. The summed E-state index contributed by atoms with van der Waals surface area (Å²) in [6.07, 6.45) is 1.87. The molecule has 1 aliphatic heterocycles. The molecule has 0 amide bonds. The standard InChI is InChI=1S/C18H28N2O3/c1-13-11-18(6,12-14(2)19(13)17(3,4)5)23-16-9-7-15(8-10-16)20(21)22/h7-10,13-14H,11-12H2,1-6H3. The van der Waals surface area contributed by atoms with Gasteiger partial charge in [0.25, 0.3) is 5.69 Å². The van der Waals surface area contributed by atoms with Crippen LogP contribution in [-0.2, 0) is 0 Å². The van der Waals surface area contributed by atoms with Gasteiger partial charge in [-0.2, -0.15) is 0 Å². The van der Waals surface area contributed by atoms with Crippen molar-refractivity contribution in [3.63, 3.8) is 0 Å². The minimum absolute atomic E-state index is 0.0896. The van der Waals surface area contributed by atoms with Crippen molar-refractivity contribution in [1.82, 2.24) is 4.90 Å². The zero-order valence-electron chi connectivity index (χ0n) is 15.0. The Hall–Kier alpha value is -1.62. The number of hydrogen-bond donors (Lipinski definition) is 0. The van der Waals surface area contributed by atoms with E-state index in [0.29, 0.717) is 17.8 Å². The molecule has 0 aromatic heterocycles. The predicted molar refractivity (Wildman–Crippen MR) is 91.9 cm³/mol. The summed E-state index contributed by atoms with van der Waals surface area (Å²) in [5.41, 5.74) is -0.0312. The SMILES string of the molecule is CC1CC(C)(Oc2ccc([N+](=O)[O-])cc2)CC(C)N1C(C)(C)C. The maximum Gasteiger partial charge on any atom is 0.269 e. The Bertz CT molecular complexity index is 551. The minimum Gasteiger partial charge on any atom is -0.487 e. The van der Waals surface area contributed by atoms with Crippen LogP contribution in [0.1, 0.15) is 54.4 Å². The number of ether oxygens (including phenoxy) is 1. The van der Waals surface area contributed by atoms with Gasteiger partial charge in [-0.05, 0) is 53.7 Å². The maximum absolute atomic E-state index is 10.7. The Morgan fingerprint density at radius 1 is 1.17 bits per heavy atom. The average molecular weight is 320 g/mol. The van der Waals surface area contributed by atoms with E-state index in [1.54, 1.807) is 12.1 Å². The second-order valence-electron chi connectivity index (χ2n) is 7.99. The van der Waals surface area contributed by atoms with Crippen molar-refractivity contribution < 1.29 is 9.66 Å². The number of likely N-dealkylation sites (tertiary alicyclic amines) is 1. The fraction of sp³-hybridized carbons (Fsp3) is 0.667. The van der Waals surface area contributed by atoms with Crippen LogP contribution in [-0.4, -0.2) is 33.0 Å². The molecule has 1 aromatic rings. The Morgan fingerprint density at radius 3 is 2.04 bits per heavy atom. The lowest BCUT2D eigenvalue weighted by Crippen LogP contribution is -2.60. The second-order valence-corrected chi connectivity index (χ2v) is 7.99. The summed E-state index contributed by atoms with van der Waals surface area (Å²) in [6.45, 7) is 13.4. The molecule has 23 heavy (non-hydrogen) atoms. The van der Waals surface area contributed by atoms with Crippen LogP contribution in [0.4, 0.5) is 5.69 Å². The summed E-state index contributed by atoms with van der Waals surface area (Å²) >= 11 is 0. The molecule has 2 rings (SSSR count). The lowest BCUT2D eigenvalue weighted by atomic mass is 9.81. The highest BCUT2D eigenvalue weighted by molar-refractivity contribution is 5.36. The van der Waals surface area contributed by atoms with Gasteiger partial charge in [-0.3, -0.25) is 15.0 Å². The zero-order chi connectivity index (χ0) is 17.4. The van der Waals surface area contributed by atoms with Gasteiger partial charge in [-0.25, -0.2) is 0 Å². The molecule has 0 bridgehead atoms. The summed E-state index contributed by atoms with van der Waals surface area (Å²) in [5.74, 6) is 0.696. The number of benzene rings is 1. The normalized spacial score (nSPS) is 29.3. The van der Waals surface area contributed by atoms with Gasteiger partial charge in [0.1, 0.15) is 11.4 Å². The minimum atomic E-state index is -0.391. The number of non-ortho nitro benzene ring substituents is 1. The lowest BCUT2D eigenvalue weighted by molar-refractivity contribution is -0.384. The number of nitrogens with zero attached hydrogens (tertiary/aromatic N) is 2. The van der Waals surface area contributed by atoms with Gasteiger partial charge in [0.2, 0.25) is 0 Å². The maximum atomic E-state index is 10.7. The average Bonchev–Trinajstić information content (AvgIpc) is 2.35. The fourth-order valence-corrected chi connectivity index (χ4v) is 4.29. The molecular weight excluding hydrogens is 292 g/mol. The molecule has 5 heteroatoms. The van der Waals surface area contributed by atoms with Crippen molar-refractivity contribution in [3.8, 4) is 5.75 Å². The summed E-state index contributed by atoms with van der Waals surface area (Å²) in [4.78, 5) is 12.9. The first-order valence-corrected chi connectivity index (χ1v) is 8.24. The molecule has 1 fully saturated rings. The molecular formula is C18H28N2O3. The van der Waals surface area contributed by atoms with E-state index in [1.165, 1.54) is 12.1 Å². The van der Waals surface area contributed by atoms with E-state index in [-0.39, 0.29) is 16.8 Å². The Morgan fingerprint density at radius 2 is 1.65 bits per heavy atom. The largest absolute Gasteiger partial charge is 0.487 e. The lowest BCUT2D eigenvalue weighted by Gasteiger charge is -2.53. The molecule has 2 unspecified atom stereocenters. The molecule has 1 aromatic carbocycles. The number of nitro groups is 1. The van der Waals surface area contributed by atoms with Gasteiger partial charge < -0.3 is 4.74 Å². The van der Waals surface area contributed by atoms with Gasteiger partial charge in [-0.15, -0.1) is 0 Å². The van der Waals surface area contributed by atoms with Gasteiger partial charge in [0, 0.05) is 42.6 Å². The van der Waals surface area contributed by atoms with Crippen LogP contribution in [0.5, 0.6) is 5.75 Å². The van der Waals surface area contributed by atoms with Crippen LogP contribution in [0, 0.1) is 10.1 Å². The number of rotatable bonds is 3. The summed E-state index contributed by atoms with van der Waals surface area (Å²) in [7, 11) is 0. The van der Waals surface area contributed by atoms with Crippen molar-refractivity contribution in [2.75, 3.05) is 0 Å². The van der Waals surface area contributed by atoms with Crippen LogP contribution in [0.15, 0.2) is 24.3 Å². The zero-order valence-corrected chi connectivity index (χ0v) is 15.0.